The number of ether oxygens (including phenoxy) is 2. The second-order valence-electron chi connectivity index (χ2n) is 8.72. The lowest BCUT2D eigenvalue weighted by Crippen LogP contribution is -2.44. The zero-order valence-corrected chi connectivity index (χ0v) is 20.6. The van der Waals surface area contributed by atoms with Crippen molar-refractivity contribution in [2.45, 2.75) is 76.4 Å². The summed E-state index contributed by atoms with van der Waals surface area (Å²) in [5, 5.41) is 7.11. The molecule has 2 N–H and O–H groups in total. The quantitative estimate of drug-likeness (QED) is 0.323. The predicted octanol–water partition coefficient (Wildman–Crippen LogP) is 3.29. The fourth-order valence-corrected chi connectivity index (χ4v) is 4.54. The number of hydrogen-bond acceptors (Lipinski definition) is 4. The molecule has 0 amide bonds. The molecule has 1 saturated carbocycles. The van der Waals surface area contributed by atoms with Gasteiger partial charge in [-0.25, -0.2) is 0 Å². The van der Waals surface area contributed by atoms with E-state index in [0.717, 1.165) is 51.1 Å². The Bertz CT molecular complexity index is 692. The molecule has 30 heavy (non-hydrogen) atoms. The van der Waals surface area contributed by atoms with Gasteiger partial charge in [0.25, 0.3) is 0 Å². The molecule has 0 radical (unpaired) electrons. The van der Waals surface area contributed by atoms with Gasteiger partial charge in [-0.05, 0) is 50.2 Å². The summed E-state index contributed by atoms with van der Waals surface area (Å²) in [7, 11) is 1.85. The molecule has 6 nitrogen and oxygen atoms in total. The normalized spacial score (nSPS) is 25.7. The van der Waals surface area contributed by atoms with Gasteiger partial charge in [0.05, 0.1) is 12.7 Å². The first-order chi connectivity index (χ1) is 14.2. The van der Waals surface area contributed by atoms with Crippen LogP contribution in [-0.2, 0) is 22.6 Å². The van der Waals surface area contributed by atoms with Crippen LogP contribution in [0.25, 0.3) is 0 Å². The third-order valence-corrected chi connectivity index (χ3v) is 6.31. The number of nitrogens with one attached hydrogen (secondary N) is 2. The first-order valence-electron chi connectivity index (χ1n) is 11.2. The SMILES string of the molecule is CN=C(NCc1cccc(COC2CCOCC2)c1)NC1CC(C)N(C2CC2)C1.I. The Morgan fingerprint density at radius 3 is 2.70 bits per heavy atom. The van der Waals surface area contributed by atoms with Gasteiger partial charge in [-0.3, -0.25) is 9.89 Å². The van der Waals surface area contributed by atoms with Crippen molar-refractivity contribution >= 4 is 29.9 Å². The van der Waals surface area contributed by atoms with Gasteiger partial charge >= 0.3 is 0 Å². The Morgan fingerprint density at radius 2 is 1.97 bits per heavy atom. The molecule has 1 aromatic carbocycles. The van der Waals surface area contributed by atoms with Crippen molar-refractivity contribution in [1.29, 1.82) is 0 Å². The van der Waals surface area contributed by atoms with Crippen molar-refractivity contribution in [1.82, 2.24) is 15.5 Å². The van der Waals surface area contributed by atoms with Gasteiger partial charge in [0.15, 0.2) is 5.96 Å². The number of nitrogens with zero attached hydrogens (tertiary/aromatic N) is 2. The monoisotopic (exact) mass is 528 g/mol. The summed E-state index contributed by atoms with van der Waals surface area (Å²) in [4.78, 5) is 7.10. The first-order valence-corrected chi connectivity index (χ1v) is 11.2. The highest BCUT2D eigenvalue weighted by Crippen LogP contribution is 2.33. The van der Waals surface area contributed by atoms with Gasteiger partial charge in [0.1, 0.15) is 0 Å². The molecule has 1 aromatic rings. The minimum atomic E-state index is 0. The molecule has 0 aromatic heterocycles. The molecule has 2 saturated heterocycles. The van der Waals surface area contributed by atoms with Crippen LogP contribution in [0.2, 0.25) is 0 Å². The third-order valence-electron chi connectivity index (χ3n) is 6.31. The topological polar surface area (TPSA) is 58.1 Å². The summed E-state index contributed by atoms with van der Waals surface area (Å²) in [6.45, 7) is 6.55. The van der Waals surface area contributed by atoms with Crippen LogP contribution >= 0.6 is 24.0 Å². The standard InChI is InChI=1S/C23H36N4O2.HI/c1-17-12-20(15-27(17)21-6-7-21)26-23(24-2)25-14-18-4-3-5-19(13-18)16-29-22-8-10-28-11-9-22;/h3-5,13,17,20-22H,6-12,14-16H2,1-2H3,(H2,24,25,26);1H. The zero-order valence-electron chi connectivity index (χ0n) is 18.3. The van der Waals surface area contributed by atoms with E-state index >= 15 is 0 Å². The van der Waals surface area contributed by atoms with Gasteiger partial charge < -0.3 is 20.1 Å². The highest BCUT2D eigenvalue weighted by molar-refractivity contribution is 14.0. The molecular weight excluding hydrogens is 491 g/mol. The van der Waals surface area contributed by atoms with Gasteiger partial charge in [0, 0.05) is 51.5 Å². The zero-order chi connectivity index (χ0) is 20.1. The maximum absolute atomic E-state index is 6.06. The third kappa shape index (κ3) is 6.80. The molecule has 2 unspecified atom stereocenters. The van der Waals surface area contributed by atoms with Crippen LogP contribution in [-0.4, -0.2) is 61.9 Å². The number of benzene rings is 1. The van der Waals surface area contributed by atoms with E-state index in [1.807, 2.05) is 7.05 Å². The smallest absolute Gasteiger partial charge is 0.191 e. The Hall–Kier alpha value is -0.900. The molecule has 168 valence electrons. The minimum absolute atomic E-state index is 0. The number of halogens is 1. The number of likely N-dealkylation sites (tertiary alicyclic amines) is 1. The molecule has 0 spiro atoms. The number of hydrogen-bond donors (Lipinski definition) is 2. The Kier molecular flexibility index (Phi) is 9.22. The van der Waals surface area contributed by atoms with Crippen molar-refractivity contribution in [3.8, 4) is 0 Å². The molecule has 3 aliphatic rings. The molecule has 7 heteroatoms. The average Bonchev–Trinajstić information content (AvgIpc) is 3.53. The lowest BCUT2D eigenvalue weighted by Gasteiger charge is -2.22. The molecule has 0 bridgehead atoms. The Balaban J connectivity index is 0.00000256. The van der Waals surface area contributed by atoms with Crippen LogP contribution in [0.3, 0.4) is 0 Å². The summed E-state index contributed by atoms with van der Waals surface area (Å²) in [6.07, 6.45) is 6.27. The van der Waals surface area contributed by atoms with E-state index in [0.29, 0.717) is 24.8 Å². The van der Waals surface area contributed by atoms with E-state index in [9.17, 15) is 0 Å². The van der Waals surface area contributed by atoms with Crippen molar-refractivity contribution in [3.63, 3.8) is 0 Å². The van der Waals surface area contributed by atoms with E-state index in [-0.39, 0.29) is 24.0 Å². The number of guanidine groups is 1. The van der Waals surface area contributed by atoms with E-state index in [4.69, 9.17) is 9.47 Å². The second-order valence-corrected chi connectivity index (χ2v) is 8.72. The van der Waals surface area contributed by atoms with Crippen molar-refractivity contribution in [3.05, 3.63) is 35.4 Å². The van der Waals surface area contributed by atoms with Crippen molar-refractivity contribution in [2.24, 2.45) is 4.99 Å². The fourth-order valence-electron chi connectivity index (χ4n) is 4.54. The first kappa shape index (κ1) is 23.8. The van der Waals surface area contributed by atoms with Crippen LogP contribution in [0.15, 0.2) is 29.3 Å². The largest absolute Gasteiger partial charge is 0.381 e. The van der Waals surface area contributed by atoms with Crippen LogP contribution in [0.4, 0.5) is 0 Å². The molecule has 2 heterocycles. The molecule has 2 aliphatic heterocycles. The van der Waals surface area contributed by atoms with Crippen LogP contribution in [0, 0.1) is 0 Å². The minimum Gasteiger partial charge on any atom is -0.381 e. The van der Waals surface area contributed by atoms with Crippen LogP contribution < -0.4 is 10.6 Å². The van der Waals surface area contributed by atoms with Crippen molar-refractivity contribution < 1.29 is 9.47 Å². The highest BCUT2D eigenvalue weighted by Gasteiger charge is 2.38. The van der Waals surface area contributed by atoms with E-state index in [1.165, 1.54) is 30.4 Å². The summed E-state index contributed by atoms with van der Waals surface area (Å²) in [6, 6.07) is 10.6. The second kappa shape index (κ2) is 11.6. The van der Waals surface area contributed by atoms with Gasteiger partial charge in [-0.15, -0.1) is 24.0 Å². The van der Waals surface area contributed by atoms with Gasteiger partial charge in [0.2, 0.25) is 0 Å². The number of aliphatic imine (C=N–C) groups is 1. The molecule has 4 rings (SSSR count). The molecular formula is C23H37IN4O2. The Morgan fingerprint density at radius 1 is 1.20 bits per heavy atom. The molecule has 3 fully saturated rings. The van der Waals surface area contributed by atoms with Crippen molar-refractivity contribution in [2.75, 3.05) is 26.8 Å². The van der Waals surface area contributed by atoms with Gasteiger partial charge in [-0.1, -0.05) is 24.3 Å². The lowest BCUT2D eigenvalue weighted by atomic mass is 10.1. The maximum atomic E-state index is 6.06. The predicted molar refractivity (Wildman–Crippen MR) is 131 cm³/mol. The molecule has 2 atom stereocenters. The summed E-state index contributed by atoms with van der Waals surface area (Å²) in [5.41, 5.74) is 2.48. The van der Waals surface area contributed by atoms with E-state index in [1.54, 1.807) is 0 Å². The average molecular weight is 528 g/mol. The van der Waals surface area contributed by atoms with E-state index < -0.39 is 0 Å². The van der Waals surface area contributed by atoms with E-state index in [2.05, 4.69) is 51.7 Å². The maximum Gasteiger partial charge on any atom is 0.191 e. The van der Waals surface area contributed by atoms with Crippen LogP contribution in [0.1, 0.15) is 50.2 Å². The highest BCUT2D eigenvalue weighted by atomic mass is 127. The Labute approximate surface area is 198 Å². The van der Waals surface area contributed by atoms with Gasteiger partial charge in [-0.2, -0.15) is 0 Å². The summed E-state index contributed by atoms with van der Waals surface area (Å²) in [5.74, 6) is 0.892. The lowest BCUT2D eigenvalue weighted by molar-refractivity contribution is -0.0390. The fraction of sp³-hybridized carbons (Fsp3) is 0.696. The summed E-state index contributed by atoms with van der Waals surface area (Å²) < 4.78 is 11.5. The molecule has 1 aliphatic carbocycles. The number of rotatable bonds is 7. The summed E-state index contributed by atoms with van der Waals surface area (Å²) >= 11 is 0. The van der Waals surface area contributed by atoms with Crippen LogP contribution in [0.5, 0.6) is 0 Å².